The second-order valence-electron chi connectivity index (χ2n) is 8.33. The van der Waals surface area contributed by atoms with E-state index in [9.17, 15) is 0 Å². The van der Waals surface area contributed by atoms with E-state index >= 15 is 0 Å². The van der Waals surface area contributed by atoms with Crippen LogP contribution in [-0.4, -0.2) is 23.2 Å². The Morgan fingerprint density at radius 1 is 1.10 bits per heavy atom. The van der Waals surface area contributed by atoms with Gasteiger partial charge >= 0.3 is 0 Å². The molecule has 1 aliphatic rings. The van der Waals surface area contributed by atoms with Crippen molar-refractivity contribution in [3.8, 4) is 5.75 Å². The van der Waals surface area contributed by atoms with Gasteiger partial charge in [0.2, 0.25) is 0 Å². The summed E-state index contributed by atoms with van der Waals surface area (Å²) in [5.74, 6) is 2.01. The fraction of sp³-hybridized carbons (Fsp3) is 0.480. The molecule has 4 heteroatoms. The third kappa shape index (κ3) is 3.50. The van der Waals surface area contributed by atoms with Gasteiger partial charge in [-0.25, -0.2) is 4.98 Å². The first-order valence-corrected chi connectivity index (χ1v) is 11.0. The third-order valence-corrected chi connectivity index (χ3v) is 6.19. The molecular formula is C25H33N3O. The highest BCUT2D eigenvalue weighted by Gasteiger charge is 2.27. The molecule has 2 aromatic heterocycles. The molecule has 0 N–H and O–H groups in total. The summed E-state index contributed by atoms with van der Waals surface area (Å²) >= 11 is 0. The summed E-state index contributed by atoms with van der Waals surface area (Å²) in [5, 5.41) is 1.34. The number of aryl methyl sites for hydroxylation is 2. The van der Waals surface area contributed by atoms with Gasteiger partial charge < -0.3 is 14.2 Å². The zero-order valence-corrected chi connectivity index (χ0v) is 18.5. The molecule has 0 saturated carbocycles. The van der Waals surface area contributed by atoms with Gasteiger partial charge in [0.25, 0.3) is 0 Å². The van der Waals surface area contributed by atoms with Crippen molar-refractivity contribution < 1.29 is 4.74 Å². The standard InChI is InChI=1S/C25H33N3O/c1-6-8-20(9-7-2)28-16-19-12-13-27(22-11-10-21(29-5)14-17(22)3)25-24(19)23(28)15-18(4)26-25/h10-11,14-16,20H,6-9,12-13H2,1-5H3. The molecule has 4 rings (SSSR count). The van der Waals surface area contributed by atoms with Crippen molar-refractivity contribution in [2.24, 2.45) is 0 Å². The Balaban J connectivity index is 1.86. The maximum Gasteiger partial charge on any atom is 0.143 e. The van der Waals surface area contributed by atoms with Crippen LogP contribution in [-0.2, 0) is 6.42 Å². The van der Waals surface area contributed by atoms with Crippen molar-refractivity contribution in [3.63, 3.8) is 0 Å². The molecule has 0 radical (unpaired) electrons. The molecule has 0 atom stereocenters. The number of hydrogen-bond acceptors (Lipinski definition) is 3. The summed E-state index contributed by atoms with van der Waals surface area (Å²) in [7, 11) is 1.72. The summed E-state index contributed by atoms with van der Waals surface area (Å²) in [5.41, 5.74) is 6.33. The van der Waals surface area contributed by atoms with Gasteiger partial charge in [0, 0.05) is 35.6 Å². The Bertz CT molecular complexity index is 1010. The van der Waals surface area contributed by atoms with Crippen LogP contribution in [0.3, 0.4) is 0 Å². The maximum absolute atomic E-state index is 5.41. The van der Waals surface area contributed by atoms with Crippen LogP contribution in [0.2, 0.25) is 0 Å². The fourth-order valence-corrected chi connectivity index (χ4v) is 4.86. The van der Waals surface area contributed by atoms with E-state index in [-0.39, 0.29) is 0 Å². The molecular weight excluding hydrogens is 358 g/mol. The Kier molecular flexibility index (Phi) is 5.53. The molecule has 0 spiro atoms. The molecule has 1 aliphatic heterocycles. The highest BCUT2D eigenvalue weighted by molar-refractivity contribution is 5.97. The highest BCUT2D eigenvalue weighted by Crippen LogP contribution is 2.41. The van der Waals surface area contributed by atoms with Crippen LogP contribution in [0.25, 0.3) is 10.9 Å². The van der Waals surface area contributed by atoms with E-state index in [1.165, 1.54) is 53.4 Å². The fourth-order valence-electron chi connectivity index (χ4n) is 4.86. The number of methoxy groups -OCH3 is 1. The first-order valence-electron chi connectivity index (χ1n) is 11.0. The van der Waals surface area contributed by atoms with Crippen LogP contribution in [0.1, 0.15) is 62.4 Å². The van der Waals surface area contributed by atoms with Crippen molar-refractivity contribution >= 4 is 22.4 Å². The van der Waals surface area contributed by atoms with Crippen LogP contribution >= 0.6 is 0 Å². The van der Waals surface area contributed by atoms with Crippen molar-refractivity contribution in [3.05, 3.63) is 47.3 Å². The number of rotatable bonds is 7. The van der Waals surface area contributed by atoms with Crippen LogP contribution in [0.4, 0.5) is 11.5 Å². The number of anilines is 2. The van der Waals surface area contributed by atoms with E-state index in [1.54, 1.807) is 7.11 Å². The lowest BCUT2D eigenvalue weighted by Crippen LogP contribution is -2.25. The summed E-state index contributed by atoms with van der Waals surface area (Å²) < 4.78 is 7.96. The molecule has 3 heterocycles. The van der Waals surface area contributed by atoms with Gasteiger partial charge in [0.15, 0.2) is 0 Å². The van der Waals surface area contributed by atoms with Crippen molar-refractivity contribution in [1.29, 1.82) is 0 Å². The van der Waals surface area contributed by atoms with Gasteiger partial charge in [-0.3, -0.25) is 0 Å². The van der Waals surface area contributed by atoms with E-state index < -0.39 is 0 Å². The molecule has 3 aromatic rings. The summed E-state index contributed by atoms with van der Waals surface area (Å²) in [6.07, 6.45) is 8.37. The number of nitrogens with zero attached hydrogens (tertiary/aromatic N) is 3. The second-order valence-corrected chi connectivity index (χ2v) is 8.33. The van der Waals surface area contributed by atoms with Gasteiger partial charge in [-0.1, -0.05) is 26.7 Å². The largest absolute Gasteiger partial charge is 0.497 e. The van der Waals surface area contributed by atoms with Crippen LogP contribution in [0, 0.1) is 13.8 Å². The van der Waals surface area contributed by atoms with Crippen molar-refractivity contribution in [2.45, 2.75) is 65.8 Å². The van der Waals surface area contributed by atoms with Crippen molar-refractivity contribution in [1.82, 2.24) is 9.55 Å². The Morgan fingerprint density at radius 2 is 1.86 bits per heavy atom. The van der Waals surface area contributed by atoms with Gasteiger partial charge in [0.05, 0.1) is 12.6 Å². The van der Waals surface area contributed by atoms with Crippen LogP contribution in [0.5, 0.6) is 5.75 Å². The van der Waals surface area contributed by atoms with Crippen LogP contribution in [0.15, 0.2) is 30.5 Å². The Morgan fingerprint density at radius 3 is 2.52 bits per heavy atom. The van der Waals surface area contributed by atoms with Gasteiger partial charge in [-0.2, -0.15) is 0 Å². The molecule has 0 unspecified atom stereocenters. The first-order chi connectivity index (χ1) is 14.1. The lowest BCUT2D eigenvalue weighted by molar-refractivity contribution is 0.414. The molecule has 0 saturated heterocycles. The normalized spacial score (nSPS) is 13.5. The van der Waals surface area contributed by atoms with E-state index in [1.807, 2.05) is 0 Å². The Hall–Kier alpha value is -2.49. The molecule has 0 bridgehead atoms. The zero-order chi connectivity index (χ0) is 20.5. The van der Waals surface area contributed by atoms with E-state index in [4.69, 9.17) is 9.72 Å². The average Bonchev–Trinajstić information content (AvgIpc) is 3.07. The predicted molar refractivity (Wildman–Crippen MR) is 122 cm³/mol. The lowest BCUT2D eigenvalue weighted by atomic mass is 10.0. The number of hydrogen-bond donors (Lipinski definition) is 0. The summed E-state index contributed by atoms with van der Waals surface area (Å²) in [4.78, 5) is 7.42. The van der Waals surface area contributed by atoms with Crippen molar-refractivity contribution in [2.75, 3.05) is 18.6 Å². The summed E-state index contributed by atoms with van der Waals surface area (Å²) in [6.45, 7) is 9.82. The smallest absolute Gasteiger partial charge is 0.143 e. The maximum atomic E-state index is 5.41. The highest BCUT2D eigenvalue weighted by atomic mass is 16.5. The topological polar surface area (TPSA) is 30.3 Å². The van der Waals surface area contributed by atoms with Gasteiger partial charge in [-0.05, 0) is 68.5 Å². The minimum Gasteiger partial charge on any atom is -0.497 e. The minimum absolute atomic E-state index is 0.574. The number of benzene rings is 1. The zero-order valence-electron chi connectivity index (χ0n) is 18.5. The first kappa shape index (κ1) is 19.8. The number of aromatic nitrogens is 2. The average molecular weight is 392 g/mol. The molecule has 29 heavy (non-hydrogen) atoms. The molecule has 4 nitrogen and oxygen atoms in total. The number of ether oxygens (including phenoxy) is 1. The minimum atomic E-state index is 0.574. The SMILES string of the molecule is CCCC(CCC)n1cc2c3c(nc(C)cc31)N(c1ccc(OC)cc1C)CC2. The lowest BCUT2D eigenvalue weighted by Gasteiger charge is -2.30. The van der Waals surface area contributed by atoms with E-state index in [2.05, 4.69) is 67.6 Å². The molecule has 0 aliphatic carbocycles. The number of pyridine rings is 1. The predicted octanol–water partition coefficient (Wildman–Crippen LogP) is 6.50. The van der Waals surface area contributed by atoms with Crippen LogP contribution < -0.4 is 9.64 Å². The van der Waals surface area contributed by atoms with E-state index in [0.29, 0.717) is 6.04 Å². The molecule has 1 aromatic carbocycles. The third-order valence-electron chi connectivity index (χ3n) is 6.19. The Labute approximate surface area is 174 Å². The molecule has 154 valence electrons. The quantitative estimate of drug-likeness (QED) is 0.461. The van der Waals surface area contributed by atoms with E-state index in [0.717, 1.165) is 30.2 Å². The summed E-state index contributed by atoms with van der Waals surface area (Å²) in [6, 6.07) is 9.19. The second kappa shape index (κ2) is 8.10. The van der Waals surface area contributed by atoms with Gasteiger partial charge in [0.1, 0.15) is 11.6 Å². The molecule has 0 amide bonds. The van der Waals surface area contributed by atoms with Gasteiger partial charge in [-0.15, -0.1) is 0 Å². The monoisotopic (exact) mass is 391 g/mol. The molecule has 0 fully saturated rings.